The number of benzene rings is 3. The maximum atomic E-state index is 13.0. The maximum absolute atomic E-state index is 13.0. The first kappa shape index (κ1) is 24.2. The molecular weight excluding hydrogens is 436 g/mol. The van der Waals surface area contributed by atoms with Gasteiger partial charge < -0.3 is 9.64 Å². The molecule has 0 spiro atoms. The lowest BCUT2D eigenvalue weighted by Gasteiger charge is -2.13. The van der Waals surface area contributed by atoms with E-state index in [0.29, 0.717) is 12.4 Å². The lowest BCUT2D eigenvalue weighted by Crippen LogP contribution is -2.19. The van der Waals surface area contributed by atoms with Gasteiger partial charge in [0.25, 0.3) is 10.0 Å². The molecule has 0 saturated heterocycles. The van der Waals surface area contributed by atoms with E-state index in [1.165, 1.54) is 18.2 Å². The number of likely N-dealkylation sites (N-methyl/N-ethyl adjacent to an activating group) is 1. The minimum Gasteiger partial charge on any atom is -0.492 e. The highest BCUT2D eigenvalue weighted by Gasteiger charge is 2.17. The summed E-state index contributed by atoms with van der Waals surface area (Å²) in [6.07, 6.45) is 3.13. The Labute approximate surface area is 195 Å². The fourth-order valence-corrected chi connectivity index (χ4v) is 4.21. The number of sulfonamides is 1. The minimum absolute atomic E-state index is 0.127. The van der Waals surface area contributed by atoms with Crippen LogP contribution in [-0.2, 0) is 10.0 Å². The van der Waals surface area contributed by atoms with Crippen molar-refractivity contribution in [2.24, 2.45) is 0 Å². The van der Waals surface area contributed by atoms with E-state index in [1.54, 1.807) is 48.5 Å². The first-order valence-electron chi connectivity index (χ1n) is 10.5. The highest BCUT2D eigenvalue weighted by Crippen LogP contribution is 2.24. The molecule has 0 bridgehead atoms. The fraction of sp³-hybridized carbons (Fsp3) is 0.192. The molecule has 0 saturated carbocycles. The lowest BCUT2D eigenvalue weighted by molar-refractivity contribution is 0.104. The Morgan fingerprint density at radius 2 is 1.70 bits per heavy atom. The van der Waals surface area contributed by atoms with Crippen LogP contribution >= 0.6 is 0 Å². The first-order chi connectivity index (χ1) is 15.8. The summed E-state index contributed by atoms with van der Waals surface area (Å²) in [4.78, 5) is 15.1. The molecule has 6 nitrogen and oxygen atoms in total. The SMILES string of the molecule is Cc1ccc(OCCN(C)C)c(C=CC(=O)c2ccccc2NS(=O)(=O)c2ccccc2)c1. The third-order valence-corrected chi connectivity index (χ3v) is 6.25. The molecule has 3 aromatic carbocycles. The Hall–Kier alpha value is -3.42. The molecule has 0 aliphatic heterocycles. The van der Waals surface area contributed by atoms with Gasteiger partial charge in [0.1, 0.15) is 12.4 Å². The molecule has 0 heterocycles. The number of nitrogens with zero attached hydrogens (tertiary/aromatic N) is 1. The van der Waals surface area contributed by atoms with Crippen molar-refractivity contribution in [1.82, 2.24) is 4.90 Å². The summed E-state index contributed by atoms with van der Waals surface area (Å²) in [6.45, 7) is 3.26. The van der Waals surface area contributed by atoms with Gasteiger partial charge in [0.2, 0.25) is 0 Å². The highest BCUT2D eigenvalue weighted by atomic mass is 32.2. The highest BCUT2D eigenvalue weighted by molar-refractivity contribution is 7.92. The van der Waals surface area contributed by atoms with Crippen LogP contribution in [0, 0.1) is 6.92 Å². The Morgan fingerprint density at radius 3 is 2.42 bits per heavy atom. The van der Waals surface area contributed by atoms with Crippen LogP contribution in [0.1, 0.15) is 21.5 Å². The summed E-state index contributed by atoms with van der Waals surface area (Å²) < 4.78 is 33.9. The number of hydrogen-bond donors (Lipinski definition) is 1. The van der Waals surface area contributed by atoms with Gasteiger partial charge in [-0.2, -0.15) is 0 Å². The van der Waals surface area contributed by atoms with Crippen molar-refractivity contribution in [1.29, 1.82) is 0 Å². The van der Waals surface area contributed by atoms with Crippen molar-refractivity contribution >= 4 is 27.6 Å². The smallest absolute Gasteiger partial charge is 0.261 e. The Morgan fingerprint density at radius 1 is 1.00 bits per heavy atom. The van der Waals surface area contributed by atoms with E-state index in [-0.39, 0.29) is 21.9 Å². The first-order valence-corrected chi connectivity index (χ1v) is 12.0. The van der Waals surface area contributed by atoms with Gasteiger partial charge in [0.15, 0.2) is 5.78 Å². The van der Waals surface area contributed by atoms with Crippen LogP contribution in [0.25, 0.3) is 6.08 Å². The van der Waals surface area contributed by atoms with E-state index in [9.17, 15) is 13.2 Å². The van der Waals surface area contributed by atoms with Gasteiger partial charge in [-0.05, 0) is 69.6 Å². The lowest BCUT2D eigenvalue weighted by atomic mass is 10.1. The fourth-order valence-electron chi connectivity index (χ4n) is 3.11. The van der Waals surface area contributed by atoms with Crippen molar-refractivity contribution in [3.8, 4) is 5.75 Å². The third-order valence-electron chi connectivity index (χ3n) is 4.87. The van der Waals surface area contributed by atoms with Crippen molar-refractivity contribution in [2.75, 3.05) is 32.0 Å². The van der Waals surface area contributed by atoms with E-state index in [0.717, 1.165) is 17.7 Å². The molecule has 0 atom stereocenters. The van der Waals surface area contributed by atoms with Crippen LogP contribution in [-0.4, -0.2) is 46.3 Å². The number of allylic oxidation sites excluding steroid dienone is 1. The molecule has 7 heteroatoms. The summed E-state index contributed by atoms with van der Waals surface area (Å²) in [5.41, 5.74) is 2.31. The van der Waals surface area contributed by atoms with Crippen LogP contribution < -0.4 is 9.46 Å². The van der Waals surface area contributed by atoms with Gasteiger partial charge in [-0.15, -0.1) is 0 Å². The van der Waals surface area contributed by atoms with Gasteiger partial charge in [0.05, 0.1) is 10.6 Å². The number of aryl methyl sites for hydroxylation is 1. The van der Waals surface area contributed by atoms with Crippen LogP contribution in [0.4, 0.5) is 5.69 Å². The van der Waals surface area contributed by atoms with E-state index < -0.39 is 10.0 Å². The topological polar surface area (TPSA) is 75.7 Å². The predicted molar refractivity (Wildman–Crippen MR) is 132 cm³/mol. The zero-order valence-electron chi connectivity index (χ0n) is 19.0. The predicted octanol–water partition coefficient (Wildman–Crippen LogP) is 4.63. The average Bonchev–Trinajstić information content (AvgIpc) is 2.79. The molecule has 172 valence electrons. The second-order valence-corrected chi connectivity index (χ2v) is 9.54. The summed E-state index contributed by atoms with van der Waals surface area (Å²) in [5.74, 6) is 0.367. The molecule has 0 unspecified atom stereocenters. The third kappa shape index (κ3) is 6.78. The van der Waals surface area contributed by atoms with Gasteiger partial charge >= 0.3 is 0 Å². The summed E-state index contributed by atoms with van der Waals surface area (Å²) in [7, 11) is 0.131. The van der Waals surface area contributed by atoms with E-state index in [1.807, 2.05) is 44.1 Å². The van der Waals surface area contributed by atoms with Gasteiger partial charge in [-0.25, -0.2) is 8.42 Å². The number of para-hydroxylation sites is 1. The molecule has 1 N–H and O–H groups in total. The van der Waals surface area contributed by atoms with Gasteiger partial charge in [0, 0.05) is 17.7 Å². The average molecular weight is 465 g/mol. The molecule has 0 amide bonds. The second-order valence-electron chi connectivity index (χ2n) is 7.85. The standard InChI is InChI=1S/C26H28N2O4S/c1-20-13-16-26(32-18-17-28(2)3)21(19-20)14-15-25(29)23-11-7-8-12-24(23)27-33(30,31)22-9-5-4-6-10-22/h4-16,19,27H,17-18H2,1-3H3. The van der Waals surface area contributed by atoms with Gasteiger partial charge in [-0.1, -0.05) is 42.0 Å². The number of ether oxygens (including phenoxy) is 1. The molecule has 3 aromatic rings. The van der Waals surface area contributed by atoms with E-state index in [4.69, 9.17) is 4.74 Å². The second kappa shape index (κ2) is 10.9. The molecule has 0 aliphatic carbocycles. The normalized spacial score (nSPS) is 11.6. The van der Waals surface area contributed by atoms with Crippen molar-refractivity contribution in [3.05, 3.63) is 95.6 Å². The van der Waals surface area contributed by atoms with Crippen molar-refractivity contribution in [3.63, 3.8) is 0 Å². The number of hydrogen-bond acceptors (Lipinski definition) is 5. The molecule has 33 heavy (non-hydrogen) atoms. The van der Waals surface area contributed by atoms with Crippen LogP contribution in [0.3, 0.4) is 0 Å². The summed E-state index contributed by atoms with van der Waals surface area (Å²) in [6, 6.07) is 20.4. The molecule has 0 fully saturated rings. The van der Waals surface area contributed by atoms with E-state index >= 15 is 0 Å². The Balaban J connectivity index is 1.83. The zero-order valence-corrected chi connectivity index (χ0v) is 19.8. The summed E-state index contributed by atoms with van der Waals surface area (Å²) in [5, 5.41) is 0. The number of nitrogens with one attached hydrogen (secondary N) is 1. The van der Waals surface area contributed by atoms with Crippen molar-refractivity contribution in [2.45, 2.75) is 11.8 Å². The van der Waals surface area contributed by atoms with Gasteiger partial charge in [-0.3, -0.25) is 9.52 Å². The summed E-state index contributed by atoms with van der Waals surface area (Å²) >= 11 is 0. The number of carbonyl (C=O) groups excluding carboxylic acids is 1. The van der Waals surface area contributed by atoms with Crippen LogP contribution in [0.5, 0.6) is 5.75 Å². The number of ketones is 1. The Bertz CT molecular complexity index is 1240. The molecular formula is C26H28N2O4S. The molecule has 0 radical (unpaired) electrons. The zero-order chi connectivity index (χ0) is 23.8. The number of carbonyl (C=O) groups is 1. The number of rotatable bonds is 10. The van der Waals surface area contributed by atoms with Crippen LogP contribution in [0.15, 0.2) is 83.8 Å². The maximum Gasteiger partial charge on any atom is 0.261 e. The molecule has 0 aliphatic rings. The largest absolute Gasteiger partial charge is 0.492 e. The van der Waals surface area contributed by atoms with Crippen LogP contribution in [0.2, 0.25) is 0 Å². The monoisotopic (exact) mass is 464 g/mol. The quantitative estimate of drug-likeness (QED) is 0.350. The van der Waals surface area contributed by atoms with Crippen molar-refractivity contribution < 1.29 is 17.9 Å². The molecule has 3 rings (SSSR count). The Kier molecular flexibility index (Phi) is 8.03. The minimum atomic E-state index is -3.82. The number of anilines is 1. The molecule has 0 aromatic heterocycles. The van der Waals surface area contributed by atoms with E-state index in [2.05, 4.69) is 4.72 Å².